The highest BCUT2D eigenvalue weighted by Crippen LogP contribution is 2.31. The summed E-state index contributed by atoms with van der Waals surface area (Å²) in [4.78, 5) is 1.25. The van der Waals surface area contributed by atoms with E-state index in [0.29, 0.717) is 6.61 Å². The number of hydrogen-bond acceptors (Lipinski definition) is 3. The zero-order valence-electron chi connectivity index (χ0n) is 10.3. The quantitative estimate of drug-likeness (QED) is 0.913. The van der Waals surface area contributed by atoms with Crippen molar-refractivity contribution in [3.8, 4) is 5.75 Å². The molecule has 0 saturated carbocycles. The number of nitrogens with two attached hydrogens (primary N) is 1. The molecule has 1 heterocycles. The van der Waals surface area contributed by atoms with Gasteiger partial charge in [0.05, 0.1) is 0 Å². The van der Waals surface area contributed by atoms with Crippen LogP contribution in [0.4, 0.5) is 0 Å². The first kappa shape index (κ1) is 11.8. The number of rotatable bonds is 3. The predicted octanol–water partition coefficient (Wildman–Crippen LogP) is 3.66. The van der Waals surface area contributed by atoms with E-state index in [0.717, 1.165) is 18.6 Å². The standard InChI is InChI=1S/C15H17NOS/c16-15-5-1-3-11-6-7-12(9-14(11)15)17-10-13-4-2-8-18-13/h2,4,6-9,15H,1,3,5,10,16H2/t15-/m0/s1. The smallest absolute Gasteiger partial charge is 0.122 e. The number of ether oxygens (including phenoxy) is 1. The van der Waals surface area contributed by atoms with Gasteiger partial charge in [0.1, 0.15) is 12.4 Å². The zero-order valence-corrected chi connectivity index (χ0v) is 11.1. The molecular weight excluding hydrogens is 242 g/mol. The molecule has 1 aromatic carbocycles. The minimum atomic E-state index is 0.180. The third-order valence-corrected chi connectivity index (χ3v) is 4.29. The first-order chi connectivity index (χ1) is 8.83. The Morgan fingerprint density at radius 2 is 2.28 bits per heavy atom. The van der Waals surface area contributed by atoms with Gasteiger partial charge in [-0.3, -0.25) is 0 Å². The fourth-order valence-corrected chi connectivity index (χ4v) is 3.07. The van der Waals surface area contributed by atoms with Crippen LogP contribution in [-0.2, 0) is 13.0 Å². The number of fused-ring (bicyclic) bond motifs is 1. The number of aryl methyl sites for hydroxylation is 1. The summed E-state index contributed by atoms with van der Waals surface area (Å²) >= 11 is 1.72. The lowest BCUT2D eigenvalue weighted by atomic mass is 9.88. The maximum Gasteiger partial charge on any atom is 0.122 e. The van der Waals surface area contributed by atoms with Crippen molar-refractivity contribution in [1.82, 2.24) is 0 Å². The van der Waals surface area contributed by atoms with Crippen LogP contribution < -0.4 is 10.5 Å². The Balaban J connectivity index is 1.75. The molecule has 3 heteroatoms. The molecule has 0 spiro atoms. The molecule has 0 aliphatic heterocycles. The van der Waals surface area contributed by atoms with Gasteiger partial charge in [-0.15, -0.1) is 11.3 Å². The van der Waals surface area contributed by atoms with Gasteiger partial charge in [-0.2, -0.15) is 0 Å². The lowest BCUT2D eigenvalue weighted by molar-refractivity contribution is 0.309. The van der Waals surface area contributed by atoms with E-state index < -0.39 is 0 Å². The molecule has 18 heavy (non-hydrogen) atoms. The minimum Gasteiger partial charge on any atom is -0.488 e. The molecule has 0 fully saturated rings. The van der Waals surface area contributed by atoms with E-state index in [9.17, 15) is 0 Å². The Morgan fingerprint density at radius 3 is 3.11 bits per heavy atom. The summed E-state index contributed by atoms with van der Waals surface area (Å²) in [5.41, 5.74) is 8.81. The van der Waals surface area contributed by atoms with Gasteiger partial charge in [-0.1, -0.05) is 12.1 Å². The summed E-state index contributed by atoms with van der Waals surface area (Å²) < 4.78 is 5.82. The van der Waals surface area contributed by atoms with E-state index >= 15 is 0 Å². The fourth-order valence-electron chi connectivity index (χ4n) is 2.45. The van der Waals surface area contributed by atoms with Crippen LogP contribution in [0.3, 0.4) is 0 Å². The monoisotopic (exact) mass is 259 g/mol. The van der Waals surface area contributed by atoms with Crippen molar-refractivity contribution in [2.45, 2.75) is 31.9 Å². The van der Waals surface area contributed by atoms with Gasteiger partial charge in [-0.05, 0) is 54.0 Å². The largest absolute Gasteiger partial charge is 0.488 e. The molecule has 0 unspecified atom stereocenters. The van der Waals surface area contributed by atoms with Crippen LogP contribution in [0.2, 0.25) is 0 Å². The molecule has 2 aromatic rings. The van der Waals surface area contributed by atoms with E-state index in [1.165, 1.54) is 22.4 Å². The Labute approximate surface area is 111 Å². The predicted molar refractivity (Wildman–Crippen MR) is 75.0 cm³/mol. The highest BCUT2D eigenvalue weighted by molar-refractivity contribution is 7.09. The lowest BCUT2D eigenvalue weighted by Crippen LogP contribution is -2.17. The molecule has 0 bridgehead atoms. The number of benzene rings is 1. The van der Waals surface area contributed by atoms with Gasteiger partial charge < -0.3 is 10.5 Å². The van der Waals surface area contributed by atoms with Crippen molar-refractivity contribution >= 4 is 11.3 Å². The molecule has 0 amide bonds. The van der Waals surface area contributed by atoms with Crippen molar-refractivity contribution in [3.05, 3.63) is 51.7 Å². The topological polar surface area (TPSA) is 35.2 Å². The summed E-state index contributed by atoms with van der Waals surface area (Å²) in [5.74, 6) is 0.930. The molecule has 1 atom stereocenters. The van der Waals surface area contributed by atoms with Gasteiger partial charge in [-0.25, -0.2) is 0 Å². The average Bonchev–Trinajstić information content (AvgIpc) is 2.90. The third kappa shape index (κ3) is 2.42. The van der Waals surface area contributed by atoms with E-state index in [2.05, 4.69) is 29.6 Å². The van der Waals surface area contributed by atoms with Gasteiger partial charge >= 0.3 is 0 Å². The van der Waals surface area contributed by atoms with E-state index in [-0.39, 0.29) is 6.04 Å². The Morgan fingerprint density at radius 1 is 1.33 bits per heavy atom. The van der Waals surface area contributed by atoms with Gasteiger partial charge in [0.15, 0.2) is 0 Å². The molecule has 0 radical (unpaired) electrons. The van der Waals surface area contributed by atoms with Crippen LogP contribution in [0.5, 0.6) is 5.75 Å². The van der Waals surface area contributed by atoms with Crippen molar-refractivity contribution in [1.29, 1.82) is 0 Å². The minimum absolute atomic E-state index is 0.180. The van der Waals surface area contributed by atoms with Gasteiger partial charge in [0, 0.05) is 10.9 Å². The second kappa shape index (κ2) is 5.12. The van der Waals surface area contributed by atoms with Crippen LogP contribution >= 0.6 is 11.3 Å². The highest BCUT2D eigenvalue weighted by Gasteiger charge is 2.17. The van der Waals surface area contributed by atoms with Gasteiger partial charge in [0.2, 0.25) is 0 Å². The summed E-state index contributed by atoms with van der Waals surface area (Å²) in [6.07, 6.45) is 3.43. The van der Waals surface area contributed by atoms with Gasteiger partial charge in [0.25, 0.3) is 0 Å². The first-order valence-electron chi connectivity index (χ1n) is 6.36. The second-order valence-corrected chi connectivity index (χ2v) is 5.76. The van der Waals surface area contributed by atoms with E-state index in [1.54, 1.807) is 11.3 Å². The molecule has 2 nitrogen and oxygen atoms in total. The first-order valence-corrected chi connectivity index (χ1v) is 7.24. The Bertz CT molecular complexity index is 521. The van der Waals surface area contributed by atoms with E-state index in [1.807, 2.05) is 6.07 Å². The van der Waals surface area contributed by atoms with Crippen molar-refractivity contribution in [3.63, 3.8) is 0 Å². The molecule has 3 rings (SSSR count). The second-order valence-electron chi connectivity index (χ2n) is 4.73. The summed E-state index contributed by atoms with van der Waals surface area (Å²) in [5, 5.41) is 2.07. The van der Waals surface area contributed by atoms with Crippen LogP contribution in [-0.4, -0.2) is 0 Å². The van der Waals surface area contributed by atoms with Crippen molar-refractivity contribution < 1.29 is 4.74 Å². The van der Waals surface area contributed by atoms with Crippen LogP contribution in [0.15, 0.2) is 35.7 Å². The summed E-state index contributed by atoms with van der Waals surface area (Å²) in [7, 11) is 0. The third-order valence-electron chi connectivity index (χ3n) is 3.44. The van der Waals surface area contributed by atoms with E-state index in [4.69, 9.17) is 10.5 Å². The van der Waals surface area contributed by atoms with Crippen LogP contribution in [0.1, 0.15) is 34.9 Å². The number of thiophene rings is 1. The molecular formula is C15H17NOS. The fraction of sp³-hybridized carbons (Fsp3) is 0.333. The zero-order chi connectivity index (χ0) is 12.4. The summed E-state index contributed by atoms with van der Waals surface area (Å²) in [6.45, 7) is 0.645. The van der Waals surface area contributed by atoms with Crippen LogP contribution in [0.25, 0.3) is 0 Å². The Hall–Kier alpha value is -1.32. The molecule has 2 N–H and O–H groups in total. The lowest BCUT2D eigenvalue weighted by Gasteiger charge is -2.22. The van der Waals surface area contributed by atoms with Crippen molar-refractivity contribution in [2.75, 3.05) is 0 Å². The molecule has 1 aliphatic rings. The number of hydrogen-bond donors (Lipinski definition) is 1. The maximum absolute atomic E-state index is 6.15. The molecule has 94 valence electrons. The molecule has 1 aliphatic carbocycles. The average molecular weight is 259 g/mol. The van der Waals surface area contributed by atoms with Crippen molar-refractivity contribution in [2.24, 2.45) is 5.73 Å². The molecule has 1 aromatic heterocycles. The highest BCUT2D eigenvalue weighted by atomic mass is 32.1. The SMILES string of the molecule is N[C@H]1CCCc2ccc(OCc3cccs3)cc21. The molecule has 0 saturated heterocycles. The summed E-state index contributed by atoms with van der Waals surface area (Å²) in [6, 6.07) is 10.7. The Kier molecular flexibility index (Phi) is 3.35. The maximum atomic E-state index is 6.15. The van der Waals surface area contributed by atoms with Crippen LogP contribution in [0, 0.1) is 0 Å². The normalized spacial score (nSPS) is 18.4.